The van der Waals surface area contributed by atoms with Crippen LogP contribution in [0.15, 0.2) is 59.0 Å². The molecule has 5 nitrogen and oxygen atoms in total. The summed E-state index contributed by atoms with van der Waals surface area (Å²) in [5.74, 6) is 1.20. The average Bonchev–Trinajstić information content (AvgIpc) is 3.39. The highest BCUT2D eigenvalue weighted by Crippen LogP contribution is 2.46. The van der Waals surface area contributed by atoms with Crippen LogP contribution in [0.3, 0.4) is 0 Å². The first-order valence-corrected chi connectivity index (χ1v) is 14.5. The molecular formula is C34H44N2O3. The lowest BCUT2D eigenvalue weighted by Crippen LogP contribution is -2.42. The monoisotopic (exact) mass is 528 g/mol. The van der Waals surface area contributed by atoms with Crippen LogP contribution in [-0.4, -0.2) is 55.1 Å². The molecule has 1 aliphatic carbocycles. The zero-order valence-electron chi connectivity index (χ0n) is 24.4. The Morgan fingerprint density at radius 2 is 1.59 bits per heavy atom. The topological polar surface area (TPSA) is 45.9 Å². The van der Waals surface area contributed by atoms with Gasteiger partial charge < -0.3 is 14.1 Å². The second-order valence-electron chi connectivity index (χ2n) is 12.7. The van der Waals surface area contributed by atoms with Crippen molar-refractivity contribution in [3.05, 3.63) is 93.9 Å². The maximum atomic E-state index is 13.7. The first-order chi connectivity index (χ1) is 18.6. The fourth-order valence-corrected chi connectivity index (χ4v) is 6.03. The summed E-state index contributed by atoms with van der Waals surface area (Å²) in [7, 11) is 0. The van der Waals surface area contributed by atoms with E-state index in [0.29, 0.717) is 25.3 Å². The summed E-state index contributed by atoms with van der Waals surface area (Å²) in [5, 5.41) is 0. The first kappa shape index (κ1) is 27.7. The number of benzene rings is 2. The Balaban J connectivity index is 1.34. The van der Waals surface area contributed by atoms with Crippen LogP contribution in [0.2, 0.25) is 0 Å². The SMILES string of the molecule is Cc1cc2c(cc1Cc1ccc(C(=O)N(CCN3CCOCC3)Cc3ccccc3)o1)C(C)(C)CCC2(C)C. The Bertz CT molecular complexity index is 1290. The number of rotatable bonds is 8. The highest BCUT2D eigenvalue weighted by Gasteiger charge is 2.37. The third kappa shape index (κ3) is 6.31. The van der Waals surface area contributed by atoms with Gasteiger partial charge in [-0.05, 0) is 70.5 Å². The van der Waals surface area contributed by atoms with Crippen LogP contribution in [0.25, 0.3) is 0 Å². The van der Waals surface area contributed by atoms with Crippen LogP contribution < -0.4 is 0 Å². The minimum Gasteiger partial charge on any atom is -0.456 e. The van der Waals surface area contributed by atoms with Crippen molar-refractivity contribution in [3.63, 3.8) is 0 Å². The number of hydrogen-bond acceptors (Lipinski definition) is 4. The number of furan rings is 1. The number of morpholine rings is 1. The van der Waals surface area contributed by atoms with Gasteiger partial charge in [-0.1, -0.05) is 70.2 Å². The zero-order valence-corrected chi connectivity index (χ0v) is 24.4. The van der Waals surface area contributed by atoms with E-state index in [1.54, 1.807) is 0 Å². The molecule has 0 spiro atoms. The molecule has 1 saturated heterocycles. The van der Waals surface area contributed by atoms with E-state index in [1.165, 1.54) is 35.1 Å². The summed E-state index contributed by atoms with van der Waals surface area (Å²) in [4.78, 5) is 18.0. The normalized spacial score (nSPS) is 18.5. The predicted molar refractivity (Wildman–Crippen MR) is 156 cm³/mol. The van der Waals surface area contributed by atoms with Gasteiger partial charge >= 0.3 is 0 Å². The van der Waals surface area contributed by atoms with Crippen LogP contribution in [0, 0.1) is 6.92 Å². The molecule has 2 heterocycles. The van der Waals surface area contributed by atoms with Gasteiger partial charge in [0.05, 0.1) is 13.2 Å². The van der Waals surface area contributed by atoms with Gasteiger partial charge in [-0.2, -0.15) is 0 Å². The van der Waals surface area contributed by atoms with Gasteiger partial charge in [-0.25, -0.2) is 0 Å². The van der Waals surface area contributed by atoms with Crippen molar-refractivity contribution in [3.8, 4) is 0 Å². The number of carbonyl (C=O) groups is 1. The van der Waals surface area contributed by atoms with E-state index >= 15 is 0 Å². The quantitative estimate of drug-likeness (QED) is 0.335. The molecule has 0 radical (unpaired) electrons. The Hall–Kier alpha value is -2.89. The fourth-order valence-electron chi connectivity index (χ4n) is 6.03. The van der Waals surface area contributed by atoms with E-state index in [2.05, 4.69) is 63.8 Å². The minimum atomic E-state index is -0.0524. The molecule has 2 aromatic carbocycles. The number of nitrogens with zero attached hydrogens (tertiary/aromatic N) is 2. The van der Waals surface area contributed by atoms with Crippen molar-refractivity contribution in [2.45, 2.75) is 71.3 Å². The Morgan fingerprint density at radius 3 is 2.28 bits per heavy atom. The van der Waals surface area contributed by atoms with E-state index in [0.717, 1.165) is 44.2 Å². The third-order valence-corrected chi connectivity index (χ3v) is 8.84. The van der Waals surface area contributed by atoms with E-state index in [-0.39, 0.29) is 16.7 Å². The van der Waals surface area contributed by atoms with E-state index in [9.17, 15) is 4.79 Å². The summed E-state index contributed by atoms with van der Waals surface area (Å²) >= 11 is 0. The molecule has 1 aliphatic heterocycles. The third-order valence-electron chi connectivity index (χ3n) is 8.84. The maximum absolute atomic E-state index is 13.7. The second-order valence-corrected chi connectivity index (χ2v) is 12.7. The van der Waals surface area contributed by atoms with Crippen LogP contribution in [-0.2, 0) is 28.5 Å². The predicted octanol–water partition coefficient (Wildman–Crippen LogP) is 6.50. The van der Waals surface area contributed by atoms with Crippen molar-refractivity contribution >= 4 is 5.91 Å². The van der Waals surface area contributed by atoms with Gasteiger partial charge in [0, 0.05) is 39.1 Å². The van der Waals surface area contributed by atoms with Gasteiger partial charge in [-0.15, -0.1) is 0 Å². The molecule has 0 atom stereocenters. The fraction of sp³-hybridized carbons (Fsp3) is 0.500. The minimum absolute atomic E-state index is 0.0524. The van der Waals surface area contributed by atoms with Crippen molar-refractivity contribution in [2.75, 3.05) is 39.4 Å². The molecule has 0 bridgehead atoms. The number of hydrogen-bond donors (Lipinski definition) is 0. The molecule has 1 fully saturated rings. The standard InChI is InChI=1S/C34H44N2O3/c1-25-21-29-30(34(4,5)14-13-33(29,2)3)23-27(25)22-28-11-12-31(39-28)32(37)36(24-26-9-7-6-8-10-26)16-15-35-17-19-38-20-18-35/h6-12,21,23H,13-20,22,24H2,1-5H3. The van der Waals surface area contributed by atoms with Crippen LogP contribution in [0.4, 0.5) is 0 Å². The van der Waals surface area contributed by atoms with Crippen molar-refractivity contribution in [2.24, 2.45) is 0 Å². The highest BCUT2D eigenvalue weighted by molar-refractivity contribution is 5.91. The molecule has 208 valence electrons. The summed E-state index contributed by atoms with van der Waals surface area (Å²) in [6.45, 7) is 17.0. The lowest BCUT2D eigenvalue weighted by molar-refractivity contribution is 0.0316. The van der Waals surface area contributed by atoms with E-state index in [4.69, 9.17) is 9.15 Å². The summed E-state index contributed by atoms with van der Waals surface area (Å²) in [6.07, 6.45) is 3.09. The first-order valence-electron chi connectivity index (χ1n) is 14.5. The average molecular weight is 529 g/mol. The number of carbonyl (C=O) groups excluding carboxylic acids is 1. The highest BCUT2D eigenvalue weighted by atomic mass is 16.5. The molecule has 1 aromatic heterocycles. The zero-order chi connectivity index (χ0) is 27.6. The molecule has 0 N–H and O–H groups in total. The van der Waals surface area contributed by atoms with Crippen molar-refractivity contribution in [1.82, 2.24) is 9.80 Å². The number of amides is 1. The van der Waals surface area contributed by atoms with Gasteiger partial charge in [0.2, 0.25) is 0 Å². The molecule has 2 aliphatic rings. The second kappa shape index (κ2) is 11.3. The Morgan fingerprint density at radius 1 is 0.923 bits per heavy atom. The molecule has 0 saturated carbocycles. The van der Waals surface area contributed by atoms with Crippen LogP contribution in [0.1, 0.15) is 84.7 Å². The molecule has 0 unspecified atom stereocenters. The lowest BCUT2D eigenvalue weighted by atomic mass is 9.62. The van der Waals surface area contributed by atoms with Gasteiger partial charge in [0.25, 0.3) is 5.91 Å². The molecule has 5 rings (SSSR count). The smallest absolute Gasteiger partial charge is 0.289 e. The van der Waals surface area contributed by atoms with Crippen LogP contribution >= 0.6 is 0 Å². The molecule has 5 heteroatoms. The largest absolute Gasteiger partial charge is 0.456 e. The van der Waals surface area contributed by atoms with Gasteiger partial charge in [0.1, 0.15) is 5.76 Å². The Kier molecular flexibility index (Phi) is 8.02. The molecular weight excluding hydrogens is 484 g/mol. The lowest BCUT2D eigenvalue weighted by Gasteiger charge is -2.42. The summed E-state index contributed by atoms with van der Waals surface area (Å²) in [5.41, 5.74) is 6.99. The van der Waals surface area contributed by atoms with Crippen molar-refractivity contribution in [1.29, 1.82) is 0 Å². The van der Waals surface area contributed by atoms with Gasteiger partial charge in [-0.3, -0.25) is 9.69 Å². The summed E-state index contributed by atoms with van der Waals surface area (Å²) < 4.78 is 11.7. The number of aryl methyl sites for hydroxylation is 1. The molecule has 1 amide bonds. The number of fused-ring (bicyclic) bond motifs is 1. The van der Waals surface area contributed by atoms with E-state index in [1.807, 2.05) is 35.2 Å². The Labute approximate surface area is 234 Å². The molecule has 39 heavy (non-hydrogen) atoms. The van der Waals surface area contributed by atoms with E-state index < -0.39 is 0 Å². The summed E-state index contributed by atoms with van der Waals surface area (Å²) in [6, 6.07) is 18.8. The number of ether oxygens (including phenoxy) is 1. The van der Waals surface area contributed by atoms with Crippen LogP contribution in [0.5, 0.6) is 0 Å². The maximum Gasteiger partial charge on any atom is 0.289 e. The van der Waals surface area contributed by atoms with Crippen molar-refractivity contribution < 1.29 is 13.9 Å². The molecule has 3 aromatic rings. The van der Waals surface area contributed by atoms with Gasteiger partial charge in [0.15, 0.2) is 5.76 Å².